The standard InChI is InChI=1S/C18H18N2O2/c21-18-17-15(13-4-2-1-3-5-13)12-20(16(17)6-9-19-18)14-7-10-22-11-8-14/h1-6,9,12,14H,7-8,10-11H2,(H,19,21). The molecule has 0 unspecified atom stereocenters. The number of aromatic amines is 1. The first-order valence-electron chi connectivity index (χ1n) is 7.70. The fourth-order valence-electron chi connectivity index (χ4n) is 3.32. The van der Waals surface area contributed by atoms with Crippen LogP contribution in [0.4, 0.5) is 0 Å². The third-order valence-electron chi connectivity index (χ3n) is 4.42. The van der Waals surface area contributed by atoms with Crippen LogP contribution >= 0.6 is 0 Å². The summed E-state index contributed by atoms with van der Waals surface area (Å²) in [5.74, 6) is 0. The van der Waals surface area contributed by atoms with Crippen molar-refractivity contribution in [3.05, 3.63) is 59.1 Å². The lowest BCUT2D eigenvalue weighted by molar-refractivity contribution is 0.0707. The van der Waals surface area contributed by atoms with Crippen LogP contribution in [0.15, 0.2) is 53.6 Å². The summed E-state index contributed by atoms with van der Waals surface area (Å²) in [6.07, 6.45) is 5.84. The molecule has 0 radical (unpaired) electrons. The summed E-state index contributed by atoms with van der Waals surface area (Å²) in [6, 6.07) is 12.5. The van der Waals surface area contributed by atoms with Crippen LogP contribution in [-0.2, 0) is 4.74 Å². The van der Waals surface area contributed by atoms with Gasteiger partial charge in [0.1, 0.15) is 0 Å². The van der Waals surface area contributed by atoms with Crippen molar-refractivity contribution in [2.75, 3.05) is 13.2 Å². The van der Waals surface area contributed by atoms with Crippen molar-refractivity contribution in [3.8, 4) is 11.1 Å². The highest BCUT2D eigenvalue weighted by molar-refractivity contribution is 5.95. The summed E-state index contributed by atoms with van der Waals surface area (Å²) in [7, 11) is 0. The number of hydrogen-bond donors (Lipinski definition) is 1. The Morgan fingerprint density at radius 1 is 1.09 bits per heavy atom. The van der Waals surface area contributed by atoms with E-state index in [2.05, 4.69) is 27.9 Å². The molecule has 1 aromatic carbocycles. The van der Waals surface area contributed by atoms with Gasteiger partial charge in [-0.2, -0.15) is 0 Å². The summed E-state index contributed by atoms with van der Waals surface area (Å²) in [5, 5.41) is 0.778. The van der Waals surface area contributed by atoms with Gasteiger partial charge in [0.05, 0.1) is 10.9 Å². The lowest BCUT2D eigenvalue weighted by Crippen LogP contribution is -2.19. The fourth-order valence-corrected chi connectivity index (χ4v) is 3.32. The Kier molecular flexibility index (Phi) is 3.31. The first-order valence-corrected chi connectivity index (χ1v) is 7.70. The van der Waals surface area contributed by atoms with E-state index in [1.54, 1.807) is 6.20 Å². The quantitative estimate of drug-likeness (QED) is 0.788. The van der Waals surface area contributed by atoms with Crippen LogP contribution in [0.25, 0.3) is 22.0 Å². The Morgan fingerprint density at radius 2 is 1.86 bits per heavy atom. The van der Waals surface area contributed by atoms with Gasteiger partial charge in [0, 0.05) is 37.2 Å². The second-order valence-corrected chi connectivity index (χ2v) is 5.73. The predicted octanol–water partition coefficient (Wildman–Crippen LogP) is 3.35. The molecule has 3 heterocycles. The van der Waals surface area contributed by atoms with Gasteiger partial charge in [0.25, 0.3) is 5.56 Å². The zero-order chi connectivity index (χ0) is 14.9. The molecule has 1 saturated heterocycles. The largest absolute Gasteiger partial charge is 0.381 e. The number of aromatic nitrogens is 2. The lowest BCUT2D eigenvalue weighted by Gasteiger charge is -2.24. The van der Waals surface area contributed by atoms with E-state index >= 15 is 0 Å². The van der Waals surface area contributed by atoms with E-state index in [0.717, 1.165) is 48.1 Å². The van der Waals surface area contributed by atoms with Gasteiger partial charge in [-0.25, -0.2) is 0 Å². The molecule has 0 spiro atoms. The van der Waals surface area contributed by atoms with Gasteiger partial charge in [-0.05, 0) is 24.5 Å². The number of hydrogen-bond acceptors (Lipinski definition) is 2. The van der Waals surface area contributed by atoms with Gasteiger partial charge >= 0.3 is 0 Å². The number of nitrogens with one attached hydrogen (secondary N) is 1. The average molecular weight is 294 g/mol. The van der Waals surface area contributed by atoms with Crippen molar-refractivity contribution in [3.63, 3.8) is 0 Å². The van der Waals surface area contributed by atoms with Crippen LogP contribution in [0.2, 0.25) is 0 Å². The van der Waals surface area contributed by atoms with Gasteiger partial charge in [-0.15, -0.1) is 0 Å². The maximum absolute atomic E-state index is 12.4. The van der Waals surface area contributed by atoms with E-state index < -0.39 is 0 Å². The maximum Gasteiger partial charge on any atom is 0.258 e. The average Bonchev–Trinajstić information content (AvgIpc) is 2.98. The monoisotopic (exact) mass is 294 g/mol. The maximum atomic E-state index is 12.4. The number of nitrogens with zero attached hydrogens (tertiary/aromatic N) is 1. The number of benzene rings is 1. The molecule has 4 heteroatoms. The first-order chi connectivity index (χ1) is 10.8. The van der Waals surface area contributed by atoms with Gasteiger partial charge in [0.2, 0.25) is 0 Å². The molecule has 112 valence electrons. The summed E-state index contributed by atoms with van der Waals surface area (Å²) in [6.45, 7) is 1.57. The van der Waals surface area contributed by atoms with Crippen LogP contribution < -0.4 is 5.56 Å². The van der Waals surface area contributed by atoms with Crippen molar-refractivity contribution in [2.24, 2.45) is 0 Å². The molecule has 1 N–H and O–H groups in total. The van der Waals surface area contributed by atoms with Crippen LogP contribution in [0, 0.1) is 0 Å². The van der Waals surface area contributed by atoms with E-state index in [-0.39, 0.29) is 5.56 Å². The first kappa shape index (κ1) is 13.3. The highest BCUT2D eigenvalue weighted by Crippen LogP contribution is 2.33. The van der Waals surface area contributed by atoms with Crippen LogP contribution in [0.3, 0.4) is 0 Å². The molecule has 0 amide bonds. The molecule has 2 aromatic heterocycles. The Balaban J connectivity index is 1.95. The summed E-state index contributed by atoms with van der Waals surface area (Å²) >= 11 is 0. The minimum Gasteiger partial charge on any atom is -0.381 e. The second kappa shape index (κ2) is 5.46. The second-order valence-electron chi connectivity index (χ2n) is 5.73. The molecule has 1 fully saturated rings. The van der Waals surface area contributed by atoms with E-state index in [9.17, 15) is 4.79 Å². The molecule has 1 aliphatic heterocycles. The molecule has 1 aliphatic rings. The minimum atomic E-state index is -0.0258. The molecular formula is C18H18N2O2. The van der Waals surface area contributed by atoms with Crippen molar-refractivity contribution >= 4 is 10.9 Å². The van der Waals surface area contributed by atoms with Gasteiger partial charge < -0.3 is 14.3 Å². The molecular weight excluding hydrogens is 276 g/mol. The molecule has 4 nitrogen and oxygen atoms in total. The highest BCUT2D eigenvalue weighted by Gasteiger charge is 2.20. The summed E-state index contributed by atoms with van der Waals surface area (Å²) < 4.78 is 7.73. The SMILES string of the molecule is O=c1[nH]ccc2c1c(-c1ccccc1)cn2C1CCOCC1. The van der Waals surface area contributed by atoms with Crippen molar-refractivity contribution in [1.29, 1.82) is 0 Å². The number of pyridine rings is 1. The number of fused-ring (bicyclic) bond motifs is 1. The van der Waals surface area contributed by atoms with Gasteiger partial charge in [-0.1, -0.05) is 30.3 Å². The zero-order valence-corrected chi connectivity index (χ0v) is 12.3. The number of H-pyrrole nitrogens is 1. The van der Waals surface area contributed by atoms with Crippen molar-refractivity contribution in [2.45, 2.75) is 18.9 Å². The molecule has 22 heavy (non-hydrogen) atoms. The van der Waals surface area contributed by atoms with E-state index in [0.29, 0.717) is 6.04 Å². The van der Waals surface area contributed by atoms with Crippen molar-refractivity contribution < 1.29 is 4.74 Å². The normalized spacial score (nSPS) is 16.2. The molecule has 0 aliphatic carbocycles. The van der Waals surface area contributed by atoms with Crippen LogP contribution in [-0.4, -0.2) is 22.8 Å². The zero-order valence-electron chi connectivity index (χ0n) is 12.3. The summed E-state index contributed by atoms with van der Waals surface area (Å²) in [4.78, 5) is 15.2. The molecule has 0 saturated carbocycles. The van der Waals surface area contributed by atoms with E-state index in [1.807, 2.05) is 24.3 Å². The Hall–Kier alpha value is -2.33. The third kappa shape index (κ3) is 2.16. The highest BCUT2D eigenvalue weighted by atomic mass is 16.5. The van der Waals surface area contributed by atoms with Crippen LogP contribution in [0.1, 0.15) is 18.9 Å². The smallest absolute Gasteiger partial charge is 0.258 e. The molecule has 3 aromatic rings. The van der Waals surface area contributed by atoms with Gasteiger partial charge in [-0.3, -0.25) is 4.79 Å². The summed E-state index contributed by atoms with van der Waals surface area (Å²) in [5.41, 5.74) is 3.07. The Bertz CT molecular complexity index is 842. The van der Waals surface area contributed by atoms with Crippen LogP contribution in [0.5, 0.6) is 0 Å². The topological polar surface area (TPSA) is 47.0 Å². The van der Waals surface area contributed by atoms with E-state index in [1.165, 1.54) is 0 Å². The van der Waals surface area contributed by atoms with Gasteiger partial charge in [0.15, 0.2) is 0 Å². The van der Waals surface area contributed by atoms with E-state index in [4.69, 9.17) is 4.74 Å². The fraction of sp³-hybridized carbons (Fsp3) is 0.278. The molecule has 0 bridgehead atoms. The Labute approximate surface area is 128 Å². The number of rotatable bonds is 2. The molecule has 0 atom stereocenters. The number of ether oxygens (including phenoxy) is 1. The third-order valence-corrected chi connectivity index (χ3v) is 4.42. The minimum absolute atomic E-state index is 0.0258. The predicted molar refractivity (Wildman–Crippen MR) is 87.1 cm³/mol. The Morgan fingerprint density at radius 3 is 2.64 bits per heavy atom. The molecule has 4 rings (SSSR count). The van der Waals surface area contributed by atoms with Crippen molar-refractivity contribution in [1.82, 2.24) is 9.55 Å². The lowest BCUT2D eigenvalue weighted by atomic mass is 10.1.